The summed E-state index contributed by atoms with van der Waals surface area (Å²) in [4.78, 5) is 12.0. The molecule has 1 heteroatoms. The summed E-state index contributed by atoms with van der Waals surface area (Å²) in [5, 5.41) is 0. The second-order valence-corrected chi connectivity index (χ2v) is 4.53. The second kappa shape index (κ2) is 6.15. The molecule has 2 rings (SSSR count). The number of ketones is 1. The fourth-order valence-electron chi connectivity index (χ4n) is 2.02. The first-order chi connectivity index (χ1) is 8.79. The Bertz CT molecular complexity index is 497. The van der Waals surface area contributed by atoms with Crippen LogP contribution in [0.4, 0.5) is 0 Å². The lowest BCUT2D eigenvalue weighted by atomic mass is 10.0. The van der Waals surface area contributed by atoms with Crippen molar-refractivity contribution in [2.75, 3.05) is 0 Å². The largest absolute Gasteiger partial charge is 0.294 e. The second-order valence-electron chi connectivity index (χ2n) is 4.53. The third-order valence-electron chi connectivity index (χ3n) is 3.02. The molecule has 0 aliphatic rings. The van der Waals surface area contributed by atoms with Gasteiger partial charge in [0.15, 0.2) is 5.78 Å². The molecule has 0 radical (unpaired) electrons. The molecule has 0 aromatic heterocycles. The fraction of sp³-hybridized carbons (Fsp3) is 0.235. The van der Waals surface area contributed by atoms with Crippen LogP contribution in [0.1, 0.15) is 34.8 Å². The van der Waals surface area contributed by atoms with Gasteiger partial charge in [-0.3, -0.25) is 4.79 Å². The van der Waals surface area contributed by atoms with Crippen LogP contribution >= 0.6 is 0 Å². The van der Waals surface area contributed by atoms with Crippen molar-refractivity contribution in [3.63, 3.8) is 0 Å². The van der Waals surface area contributed by atoms with Crippen LogP contribution < -0.4 is 0 Å². The summed E-state index contributed by atoms with van der Waals surface area (Å²) in [6.45, 7) is 2.17. The van der Waals surface area contributed by atoms with Crippen molar-refractivity contribution in [2.45, 2.75) is 26.2 Å². The predicted octanol–water partition coefficient (Wildman–Crippen LogP) is 4.06. The van der Waals surface area contributed by atoms with Gasteiger partial charge in [-0.1, -0.05) is 67.9 Å². The summed E-state index contributed by atoms with van der Waals surface area (Å²) in [5.74, 6) is 0.179. The number of hydrogen-bond donors (Lipinski definition) is 0. The van der Waals surface area contributed by atoms with Crippen molar-refractivity contribution < 1.29 is 4.79 Å². The van der Waals surface area contributed by atoms with E-state index in [1.54, 1.807) is 0 Å². The normalized spacial score (nSPS) is 10.3. The molecule has 0 heterocycles. The van der Waals surface area contributed by atoms with Crippen molar-refractivity contribution in [1.29, 1.82) is 0 Å². The molecular weight excluding hydrogens is 220 g/mol. The average Bonchev–Trinajstić information content (AvgIpc) is 2.42. The van der Waals surface area contributed by atoms with Crippen molar-refractivity contribution in [1.82, 2.24) is 0 Å². The zero-order valence-electron chi connectivity index (χ0n) is 10.7. The smallest absolute Gasteiger partial charge is 0.167 e. The zero-order chi connectivity index (χ0) is 12.8. The van der Waals surface area contributed by atoms with Gasteiger partial charge < -0.3 is 0 Å². The highest BCUT2D eigenvalue weighted by Crippen LogP contribution is 2.10. The van der Waals surface area contributed by atoms with Crippen molar-refractivity contribution in [3.05, 3.63) is 71.3 Å². The molecule has 18 heavy (non-hydrogen) atoms. The van der Waals surface area contributed by atoms with Gasteiger partial charge in [0.05, 0.1) is 0 Å². The molecule has 2 aromatic rings. The van der Waals surface area contributed by atoms with E-state index in [1.807, 2.05) is 30.3 Å². The molecule has 0 amide bonds. The van der Waals surface area contributed by atoms with Gasteiger partial charge in [0, 0.05) is 12.0 Å². The van der Waals surface area contributed by atoms with Gasteiger partial charge in [-0.05, 0) is 17.5 Å². The number of Topliss-reactive ketones (excluding diaryl/α,β-unsaturated/α-hetero) is 1. The quantitative estimate of drug-likeness (QED) is 0.718. The minimum absolute atomic E-state index is 0.179. The highest BCUT2D eigenvalue weighted by molar-refractivity contribution is 5.97. The summed E-state index contributed by atoms with van der Waals surface area (Å²) < 4.78 is 0. The third kappa shape index (κ3) is 3.30. The first-order valence-corrected chi connectivity index (χ1v) is 6.45. The maximum atomic E-state index is 12.0. The monoisotopic (exact) mass is 238 g/mol. The van der Waals surface area contributed by atoms with Gasteiger partial charge in [-0.15, -0.1) is 0 Å². The van der Waals surface area contributed by atoms with Crippen molar-refractivity contribution >= 4 is 5.78 Å². The third-order valence-corrected chi connectivity index (χ3v) is 3.02. The first kappa shape index (κ1) is 12.6. The minimum atomic E-state index is 0.179. The molecule has 0 fully saturated rings. The lowest BCUT2D eigenvalue weighted by Gasteiger charge is -2.03. The van der Waals surface area contributed by atoms with E-state index >= 15 is 0 Å². The highest BCUT2D eigenvalue weighted by Gasteiger charge is 2.06. The Balaban J connectivity index is 2.03. The number of carbonyl (C=O) groups is 1. The summed E-state index contributed by atoms with van der Waals surface area (Å²) >= 11 is 0. The highest BCUT2D eigenvalue weighted by atomic mass is 16.1. The number of aryl methyl sites for hydroxylation is 1. The van der Waals surface area contributed by atoms with Crippen molar-refractivity contribution in [2.24, 2.45) is 0 Å². The van der Waals surface area contributed by atoms with E-state index in [0.29, 0.717) is 6.42 Å². The van der Waals surface area contributed by atoms with Gasteiger partial charge in [0.1, 0.15) is 0 Å². The van der Waals surface area contributed by atoms with E-state index in [2.05, 4.69) is 31.2 Å². The number of benzene rings is 2. The molecule has 92 valence electrons. The summed E-state index contributed by atoms with van der Waals surface area (Å²) in [7, 11) is 0. The van der Waals surface area contributed by atoms with E-state index in [4.69, 9.17) is 0 Å². The summed E-state index contributed by atoms with van der Waals surface area (Å²) in [6, 6.07) is 17.8. The fourth-order valence-corrected chi connectivity index (χ4v) is 2.02. The molecule has 0 N–H and O–H groups in total. The number of carbonyl (C=O) groups excluding carboxylic acids is 1. The Kier molecular flexibility index (Phi) is 4.30. The SMILES string of the molecule is CCCc1ccc(CC(=O)c2ccccc2)cc1. The summed E-state index contributed by atoms with van der Waals surface area (Å²) in [6.07, 6.45) is 2.74. The minimum Gasteiger partial charge on any atom is -0.294 e. The molecule has 2 aromatic carbocycles. The Morgan fingerprint density at radius 1 is 0.889 bits per heavy atom. The van der Waals surface area contributed by atoms with Crippen LogP contribution in [0.15, 0.2) is 54.6 Å². The molecule has 1 nitrogen and oxygen atoms in total. The van der Waals surface area contributed by atoms with Crippen molar-refractivity contribution in [3.8, 4) is 0 Å². The predicted molar refractivity (Wildman–Crippen MR) is 74.9 cm³/mol. The van der Waals surface area contributed by atoms with E-state index in [9.17, 15) is 4.79 Å². The van der Waals surface area contributed by atoms with E-state index in [0.717, 1.165) is 24.0 Å². The molecule has 0 aliphatic carbocycles. The molecule has 0 saturated carbocycles. The maximum absolute atomic E-state index is 12.0. The van der Waals surface area contributed by atoms with Gasteiger partial charge in [0.2, 0.25) is 0 Å². The number of rotatable bonds is 5. The van der Waals surface area contributed by atoms with Crippen LogP contribution in [-0.2, 0) is 12.8 Å². The molecule has 0 saturated heterocycles. The molecule has 0 bridgehead atoms. The van der Waals surface area contributed by atoms with E-state index in [1.165, 1.54) is 5.56 Å². The molecule has 0 spiro atoms. The Morgan fingerprint density at radius 3 is 2.11 bits per heavy atom. The van der Waals surface area contributed by atoms with Crippen LogP contribution in [0.5, 0.6) is 0 Å². The van der Waals surface area contributed by atoms with Crippen LogP contribution in [0, 0.1) is 0 Å². The Labute approximate surface area is 108 Å². The average molecular weight is 238 g/mol. The Hall–Kier alpha value is -1.89. The molecule has 0 unspecified atom stereocenters. The number of hydrogen-bond acceptors (Lipinski definition) is 1. The van der Waals surface area contributed by atoms with Gasteiger partial charge in [-0.25, -0.2) is 0 Å². The topological polar surface area (TPSA) is 17.1 Å². The molecular formula is C17H18O. The van der Waals surface area contributed by atoms with Crippen LogP contribution in [0.2, 0.25) is 0 Å². The molecule has 0 atom stereocenters. The zero-order valence-corrected chi connectivity index (χ0v) is 10.7. The summed E-state index contributed by atoms with van der Waals surface area (Å²) in [5.41, 5.74) is 3.22. The Morgan fingerprint density at radius 2 is 1.50 bits per heavy atom. The van der Waals surface area contributed by atoms with Gasteiger partial charge >= 0.3 is 0 Å². The van der Waals surface area contributed by atoms with E-state index < -0.39 is 0 Å². The lowest BCUT2D eigenvalue weighted by molar-refractivity contribution is 0.0993. The standard InChI is InChI=1S/C17H18O/c1-2-6-14-9-11-15(12-10-14)13-17(18)16-7-4-3-5-8-16/h3-5,7-12H,2,6,13H2,1H3. The van der Waals surface area contributed by atoms with E-state index in [-0.39, 0.29) is 5.78 Å². The maximum Gasteiger partial charge on any atom is 0.167 e. The van der Waals surface area contributed by atoms with Gasteiger partial charge in [0.25, 0.3) is 0 Å². The van der Waals surface area contributed by atoms with Crippen LogP contribution in [0.3, 0.4) is 0 Å². The lowest BCUT2D eigenvalue weighted by Crippen LogP contribution is -2.03. The first-order valence-electron chi connectivity index (χ1n) is 6.45. The van der Waals surface area contributed by atoms with Crippen LogP contribution in [-0.4, -0.2) is 5.78 Å². The molecule has 0 aliphatic heterocycles. The van der Waals surface area contributed by atoms with Crippen LogP contribution in [0.25, 0.3) is 0 Å². The van der Waals surface area contributed by atoms with Gasteiger partial charge in [-0.2, -0.15) is 0 Å².